The Morgan fingerprint density at radius 3 is 2.65 bits per heavy atom. The van der Waals surface area contributed by atoms with E-state index < -0.39 is 24.5 Å². The standard InChI is InChI=1S/C10H9IN2O4/c11-7-3-1-2-6(4-7)9(15)17-5-8(14)13-10(12)16/h1-4H,5H2,(H3,12,13,14,16). The molecular formula is C10H9IN2O4. The maximum Gasteiger partial charge on any atom is 0.338 e. The molecule has 0 fully saturated rings. The highest BCUT2D eigenvalue weighted by Crippen LogP contribution is 2.08. The summed E-state index contributed by atoms with van der Waals surface area (Å²) >= 11 is 2.05. The molecule has 1 rings (SSSR count). The second kappa shape index (κ2) is 6.18. The van der Waals surface area contributed by atoms with Gasteiger partial charge in [-0.15, -0.1) is 0 Å². The molecule has 0 heterocycles. The summed E-state index contributed by atoms with van der Waals surface area (Å²) in [6, 6.07) is 5.71. The van der Waals surface area contributed by atoms with Crippen molar-refractivity contribution in [3.05, 3.63) is 33.4 Å². The second-order valence-electron chi connectivity index (χ2n) is 3.00. The number of carbonyl (C=O) groups excluding carboxylic acids is 3. The molecular weight excluding hydrogens is 339 g/mol. The van der Waals surface area contributed by atoms with Crippen molar-refractivity contribution in [2.24, 2.45) is 5.73 Å². The van der Waals surface area contributed by atoms with Crippen molar-refractivity contribution in [1.82, 2.24) is 5.32 Å². The number of benzene rings is 1. The van der Waals surface area contributed by atoms with Gasteiger partial charge in [0.15, 0.2) is 6.61 Å². The van der Waals surface area contributed by atoms with E-state index in [0.717, 1.165) is 3.57 Å². The molecule has 0 aliphatic carbocycles. The minimum atomic E-state index is -0.986. The number of rotatable bonds is 3. The lowest BCUT2D eigenvalue weighted by Crippen LogP contribution is -2.37. The molecule has 0 saturated carbocycles. The molecule has 0 spiro atoms. The maximum absolute atomic E-state index is 11.5. The number of halogens is 1. The molecule has 0 radical (unpaired) electrons. The zero-order valence-electron chi connectivity index (χ0n) is 8.60. The zero-order valence-corrected chi connectivity index (χ0v) is 10.8. The molecule has 17 heavy (non-hydrogen) atoms. The number of urea groups is 1. The van der Waals surface area contributed by atoms with Gasteiger partial charge in [-0.2, -0.15) is 0 Å². The molecule has 0 aliphatic rings. The highest BCUT2D eigenvalue weighted by atomic mass is 127. The van der Waals surface area contributed by atoms with E-state index in [9.17, 15) is 14.4 Å². The molecule has 0 atom stereocenters. The van der Waals surface area contributed by atoms with Gasteiger partial charge in [0, 0.05) is 3.57 Å². The van der Waals surface area contributed by atoms with Crippen LogP contribution in [-0.2, 0) is 9.53 Å². The van der Waals surface area contributed by atoms with Gasteiger partial charge in [-0.3, -0.25) is 10.1 Å². The maximum atomic E-state index is 11.5. The average molecular weight is 348 g/mol. The van der Waals surface area contributed by atoms with Crippen LogP contribution in [0.5, 0.6) is 0 Å². The van der Waals surface area contributed by atoms with Gasteiger partial charge in [0.05, 0.1) is 5.56 Å². The van der Waals surface area contributed by atoms with E-state index in [2.05, 4.69) is 4.74 Å². The van der Waals surface area contributed by atoms with Crippen molar-refractivity contribution in [2.45, 2.75) is 0 Å². The summed E-state index contributed by atoms with van der Waals surface area (Å²) in [4.78, 5) is 32.7. The number of amides is 3. The summed E-state index contributed by atoms with van der Waals surface area (Å²) < 4.78 is 5.56. The molecule has 3 amide bonds. The summed E-state index contributed by atoms with van der Waals surface area (Å²) in [5, 5.41) is 1.78. The van der Waals surface area contributed by atoms with Gasteiger partial charge in [-0.05, 0) is 40.8 Å². The third-order valence-electron chi connectivity index (χ3n) is 1.66. The fourth-order valence-electron chi connectivity index (χ4n) is 1.00. The van der Waals surface area contributed by atoms with Crippen molar-refractivity contribution in [1.29, 1.82) is 0 Å². The van der Waals surface area contributed by atoms with Crippen molar-refractivity contribution in [3.63, 3.8) is 0 Å². The minimum Gasteiger partial charge on any atom is -0.452 e. The molecule has 0 bridgehead atoms. The van der Waals surface area contributed by atoms with E-state index in [1.807, 2.05) is 28.7 Å². The lowest BCUT2D eigenvalue weighted by Gasteiger charge is -2.04. The van der Waals surface area contributed by atoms with Gasteiger partial charge in [0.2, 0.25) is 0 Å². The minimum absolute atomic E-state index is 0.337. The van der Waals surface area contributed by atoms with E-state index in [1.54, 1.807) is 23.5 Å². The van der Waals surface area contributed by atoms with Crippen LogP contribution in [0.3, 0.4) is 0 Å². The SMILES string of the molecule is NC(=O)NC(=O)COC(=O)c1cccc(I)c1. The van der Waals surface area contributed by atoms with Crippen LogP contribution in [-0.4, -0.2) is 24.5 Å². The third-order valence-corrected chi connectivity index (χ3v) is 2.33. The van der Waals surface area contributed by atoms with Crippen LogP contribution in [0.1, 0.15) is 10.4 Å². The summed E-state index contributed by atoms with van der Waals surface area (Å²) in [6.45, 7) is -0.548. The first-order chi connectivity index (χ1) is 7.99. The summed E-state index contributed by atoms with van der Waals surface area (Å²) in [7, 11) is 0. The zero-order chi connectivity index (χ0) is 12.8. The average Bonchev–Trinajstić information content (AvgIpc) is 2.25. The summed E-state index contributed by atoms with van der Waals surface area (Å²) in [5.41, 5.74) is 5.06. The molecule has 1 aromatic rings. The first-order valence-electron chi connectivity index (χ1n) is 4.51. The van der Waals surface area contributed by atoms with Gasteiger partial charge < -0.3 is 10.5 Å². The predicted octanol–water partition coefficient (Wildman–Crippen LogP) is 0.643. The Balaban J connectivity index is 2.50. The second-order valence-corrected chi connectivity index (χ2v) is 4.24. The highest BCUT2D eigenvalue weighted by Gasteiger charge is 2.11. The monoisotopic (exact) mass is 348 g/mol. The van der Waals surface area contributed by atoms with Gasteiger partial charge in [0.1, 0.15) is 0 Å². The third kappa shape index (κ3) is 4.81. The molecule has 0 unspecified atom stereocenters. The van der Waals surface area contributed by atoms with E-state index in [-0.39, 0.29) is 0 Å². The number of esters is 1. The van der Waals surface area contributed by atoms with Crippen molar-refractivity contribution < 1.29 is 19.1 Å². The molecule has 0 aliphatic heterocycles. The Hall–Kier alpha value is -1.64. The highest BCUT2D eigenvalue weighted by molar-refractivity contribution is 14.1. The Morgan fingerprint density at radius 2 is 2.06 bits per heavy atom. The Labute approximate surface area is 111 Å². The summed E-state index contributed by atoms with van der Waals surface area (Å²) in [6.07, 6.45) is 0. The molecule has 90 valence electrons. The smallest absolute Gasteiger partial charge is 0.338 e. The van der Waals surface area contributed by atoms with Gasteiger partial charge in [-0.25, -0.2) is 9.59 Å². The predicted molar refractivity (Wildman–Crippen MR) is 67.2 cm³/mol. The number of nitrogens with one attached hydrogen (secondary N) is 1. The van der Waals surface area contributed by atoms with E-state index >= 15 is 0 Å². The van der Waals surface area contributed by atoms with E-state index in [4.69, 9.17) is 5.73 Å². The fourth-order valence-corrected chi connectivity index (χ4v) is 1.55. The topological polar surface area (TPSA) is 98.5 Å². The van der Waals surface area contributed by atoms with Crippen molar-refractivity contribution >= 4 is 40.5 Å². The number of imide groups is 1. The van der Waals surface area contributed by atoms with Crippen LogP contribution in [0.4, 0.5) is 4.79 Å². The largest absolute Gasteiger partial charge is 0.452 e. The van der Waals surface area contributed by atoms with Crippen molar-refractivity contribution in [2.75, 3.05) is 6.61 Å². The van der Waals surface area contributed by atoms with Crippen LogP contribution < -0.4 is 11.1 Å². The van der Waals surface area contributed by atoms with Crippen LogP contribution in [0.2, 0.25) is 0 Å². The van der Waals surface area contributed by atoms with Crippen molar-refractivity contribution in [3.8, 4) is 0 Å². The van der Waals surface area contributed by atoms with Crippen LogP contribution >= 0.6 is 22.6 Å². The normalized spacial score (nSPS) is 9.47. The lowest BCUT2D eigenvalue weighted by molar-refractivity contribution is -0.123. The quantitative estimate of drug-likeness (QED) is 0.619. The molecule has 6 nitrogen and oxygen atoms in total. The first-order valence-corrected chi connectivity index (χ1v) is 5.59. The molecule has 7 heteroatoms. The van der Waals surface area contributed by atoms with Crippen LogP contribution in [0.25, 0.3) is 0 Å². The Morgan fingerprint density at radius 1 is 1.35 bits per heavy atom. The number of carbonyl (C=O) groups is 3. The van der Waals surface area contributed by atoms with Crippen LogP contribution in [0.15, 0.2) is 24.3 Å². The van der Waals surface area contributed by atoms with Gasteiger partial charge in [-0.1, -0.05) is 6.07 Å². The number of primary amides is 1. The number of ether oxygens (including phenoxy) is 1. The van der Waals surface area contributed by atoms with Crippen LogP contribution in [0, 0.1) is 3.57 Å². The number of hydrogen-bond acceptors (Lipinski definition) is 4. The first kappa shape index (κ1) is 13.4. The number of nitrogens with two attached hydrogens (primary N) is 1. The molecule has 0 aromatic heterocycles. The summed E-state index contributed by atoms with van der Waals surface area (Å²) in [5.74, 6) is -1.40. The van der Waals surface area contributed by atoms with Gasteiger partial charge in [0.25, 0.3) is 5.91 Å². The molecule has 0 saturated heterocycles. The molecule has 3 N–H and O–H groups in total. The van der Waals surface area contributed by atoms with Gasteiger partial charge >= 0.3 is 12.0 Å². The van der Waals surface area contributed by atoms with E-state index in [0.29, 0.717) is 5.56 Å². The number of hydrogen-bond donors (Lipinski definition) is 2. The lowest BCUT2D eigenvalue weighted by atomic mass is 10.2. The molecule has 1 aromatic carbocycles. The Kier molecular flexibility index (Phi) is 4.88. The fraction of sp³-hybridized carbons (Fsp3) is 0.100. The van der Waals surface area contributed by atoms with E-state index in [1.165, 1.54) is 0 Å². The Bertz CT molecular complexity index is 461.